The monoisotopic (exact) mass is 249 g/mol. The molecule has 1 aromatic carbocycles. The molecule has 1 atom stereocenters. The van der Waals surface area contributed by atoms with Crippen LogP contribution in [-0.2, 0) is 4.79 Å². The van der Waals surface area contributed by atoms with Gasteiger partial charge in [0.15, 0.2) is 0 Å². The van der Waals surface area contributed by atoms with Crippen molar-refractivity contribution >= 4 is 17.3 Å². The van der Waals surface area contributed by atoms with Crippen molar-refractivity contribution in [2.24, 2.45) is 5.92 Å². The minimum atomic E-state index is -0.0343. The molecule has 4 nitrogen and oxygen atoms in total. The summed E-state index contributed by atoms with van der Waals surface area (Å²) in [6.45, 7) is 5.54. The van der Waals surface area contributed by atoms with Gasteiger partial charge in [-0.2, -0.15) is 0 Å². The van der Waals surface area contributed by atoms with Gasteiger partial charge in [0, 0.05) is 37.9 Å². The lowest BCUT2D eigenvalue weighted by atomic mass is 10.1. The number of nitrogens with zero attached hydrogens (tertiary/aromatic N) is 1. The number of hydrogen-bond donors (Lipinski definition) is 2. The SMILES string of the molecule is CCNCC(C)C(=O)Nc1cccc(N(C)C)c1. The summed E-state index contributed by atoms with van der Waals surface area (Å²) >= 11 is 0. The second-order valence-corrected chi connectivity index (χ2v) is 4.64. The second kappa shape index (κ2) is 7.01. The Morgan fingerprint density at radius 3 is 2.72 bits per heavy atom. The van der Waals surface area contributed by atoms with Gasteiger partial charge in [-0.1, -0.05) is 19.9 Å². The van der Waals surface area contributed by atoms with Gasteiger partial charge < -0.3 is 15.5 Å². The van der Waals surface area contributed by atoms with E-state index in [4.69, 9.17) is 0 Å². The zero-order chi connectivity index (χ0) is 13.5. The molecule has 0 radical (unpaired) electrons. The molecule has 2 N–H and O–H groups in total. The van der Waals surface area contributed by atoms with E-state index in [9.17, 15) is 4.79 Å². The Morgan fingerprint density at radius 1 is 1.39 bits per heavy atom. The lowest BCUT2D eigenvalue weighted by Gasteiger charge is -2.16. The molecule has 0 aliphatic heterocycles. The summed E-state index contributed by atoms with van der Waals surface area (Å²) in [5, 5.41) is 6.12. The molecule has 0 spiro atoms. The zero-order valence-electron chi connectivity index (χ0n) is 11.7. The lowest BCUT2D eigenvalue weighted by Crippen LogP contribution is -2.30. The van der Waals surface area contributed by atoms with Crippen LogP contribution in [-0.4, -0.2) is 33.1 Å². The van der Waals surface area contributed by atoms with E-state index in [1.165, 1.54) is 0 Å². The molecule has 0 bridgehead atoms. The fourth-order valence-electron chi connectivity index (χ4n) is 1.58. The average molecular weight is 249 g/mol. The summed E-state index contributed by atoms with van der Waals surface area (Å²) in [6.07, 6.45) is 0. The van der Waals surface area contributed by atoms with Crippen LogP contribution in [0.5, 0.6) is 0 Å². The molecule has 0 aliphatic carbocycles. The standard InChI is InChI=1S/C14H23N3O/c1-5-15-10-11(2)14(18)16-12-7-6-8-13(9-12)17(3)4/h6-9,11,15H,5,10H2,1-4H3,(H,16,18). The molecule has 0 fully saturated rings. The van der Waals surface area contributed by atoms with Crippen molar-refractivity contribution in [1.82, 2.24) is 5.32 Å². The van der Waals surface area contributed by atoms with Gasteiger partial charge in [-0.25, -0.2) is 0 Å². The smallest absolute Gasteiger partial charge is 0.228 e. The van der Waals surface area contributed by atoms with Gasteiger partial charge in [-0.3, -0.25) is 4.79 Å². The number of amides is 1. The molecule has 100 valence electrons. The molecule has 1 aromatic rings. The van der Waals surface area contributed by atoms with Gasteiger partial charge >= 0.3 is 0 Å². The van der Waals surface area contributed by atoms with E-state index in [1.807, 2.05) is 57.1 Å². The van der Waals surface area contributed by atoms with Crippen LogP contribution >= 0.6 is 0 Å². The predicted molar refractivity (Wildman–Crippen MR) is 77.1 cm³/mol. The Balaban J connectivity index is 2.61. The maximum atomic E-state index is 11.9. The van der Waals surface area contributed by atoms with Gasteiger partial charge in [-0.15, -0.1) is 0 Å². The molecule has 1 unspecified atom stereocenters. The molecule has 1 rings (SSSR count). The van der Waals surface area contributed by atoms with Gasteiger partial charge in [0.25, 0.3) is 0 Å². The van der Waals surface area contributed by atoms with E-state index in [2.05, 4.69) is 10.6 Å². The summed E-state index contributed by atoms with van der Waals surface area (Å²) in [4.78, 5) is 13.9. The zero-order valence-corrected chi connectivity index (χ0v) is 11.7. The largest absolute Gasteiger partial charge is 0.378 e. The number of carbonyl (C=O) groups is 1. The van der Waals surface area contributed by atoms with Crippen LogP contribution in [0.15, 0.2) is 24.3 Å². The Morgan fingerprint density at radius 2 is 2.11 bits per heavy atom. The molecular formula is C14H23N3O. The first-order valence-corrected chi connectivity index (χ1v) is 6.33. The van der Waals surface area contributed by atoms with Crippen LogP contribution in [0, 0.1) is 5.92 Å². The number of nitrogens with one attached hydrogen (secondary N) is 2. The van der Waals surface area contributed by atoms with Crippen molar-refractivity contribution in [3.63, 3.8) is 0 Å². The Bertz CT molecular complexity index is 390. The average Bonchev–Trinajstić information content (AvgIpc) is 2.36. The van der Waals surface area contributed by atoms with Crippen LogP contribution in [0.4, 0.5) is 11.4 Å². The van der Waals surface area contributed by atoms with E-state index in [0.29, 0.717) is 6.54 Å². The molecule has 1 amide bonds. The third-order valence-electron chi connectivity index (χ3n) is 2.78. The topological polar surface area (TPSA) is 44.4 Å². The van der Waals surface area contributed by atoms with Crippen LogP contribution in [0.1, 0.15) is 13.8 Å². The van der Waals surface area contributed by atoms with E-state index in [1.54, 1.807) is 0 Å². The maximum absolute atomic E-state index is 11.9. The highest BCUT2D eigenvalue weighted by atomic mass is 16.1. The highest BCUT2D eigenvalue weighted by Gasteiger charge is 2.12. The minimum Gasteiger partial charge on any atom is -0.378 e. The molecule has 0 aliphatic rings. The second-order valence-electron chi connectivity index (χ2n) is 4.64. The van der Waals surface area contributed by atoms with Crippen molar-refractivity contribution in [3.05, 3.63) is 24.3 Å². The third kappa shape index (κ3) is 4.37. The van der Waals surface area contributed by atoms with Crippen LogP contribution < -0.4 is 15.5 Å². The van der Waals surface area contributed by atoms with E-state index >= 15 is 0 Å². The van der Waals surface area contributed by atoms with Crippen LogP contribution in [0.3, 0.4) is 0 Å². The molecule has 0 saturated carbocycles. The molecule has 0 saturated heterocycles. The molecule has 0 heterocycles. The van der Waals surface area contributed by atoms with Gasteiger partial charge in [0.05, 0.1) is 0 Å². The summed E-state index contributed by atoms with van der Waals surface area (Å²) in [5.74, 6) is 0.0137. The number of benzene rings is 1. The number of carbonyl (C=O) groups excluding carboxylic acids is 1. The van der Waals surface area contributed by atoms with Crippen LogP contribution in [0.2, 0.25) is 0 Å². The fourth-order valence-corrected chi connectivity index (χ4v) is 1.58. The Kier molecular flexibility index (Phi) is 5.65. The number of rotatable bonds is 6. The first-order valence-electron chi connectivity index (χ1n) is 6.33. The molecule has 18 heavy (non-hydrogen) atoms. The van der Waals surface area contributed by atoms with Crippen molar-refractivity contribution < 1.29 is 4.79 Å². The van der Waals surface area contributed by atoms with E-state index < -0.39 is 0 Å². The van der Waals surface area contributed by atoms with Crippen molar-refractivity contribution in [2.75, 3.05) is 37.4 Å². The van der Waals surface area contributed by atoms with Gasteiger partial charge in [0.1, 0.15) is 0 Å². The van der Waals surface area contributed by atoms with Gasteiger partial charge in [0.2, 0.25) is 5.91 Å². The Labute approximate surface area is 109 Å². The number of hydrogen-bond acceptors (Lipinski definition) is 3. The highest BCUT2D eigenvalue weighted by molar-refractivity contribution is 5.92. The summed E-state index contributed by atoms with van der Waals surface area (Å²) < 4.78 is 0. The first-order chi connectivity index (χ1) is 8.54. The quantitative estimate of drug-likeness (QED) is 0.810. The lowest BCUT2D eigenvalue weighted by molar-refractivity contribution is -0.119. The Hall–Kier alpha value is -1.55. The highest BCUT2D eigenvalue weighted by Crippen LogP contribution is 2.17. The summed E-state index contributed by atoms with van der Waals surface area (Å²) in [7, 11) is 3.96. The van der Waals surface area contributed by atoms with Gasteiger partial charge in [-0.05, 0) is 24.7 Å². The van der Waals surface area contributed by atoms with E-state index in [-0.39, 0.29) is 11.8 Å². The molecule has 4 heteroatoms. The minimum absolute atomic E-state index is 0.0343. The molecular weight excluding hydrogens is 226 g/mol. The number of anilines is 2. The van der Waals surface area contributed by atoms with Crippen LogP contribution in [0.25, 0.3) is 0 Å². The summed E-state index contributed by atoms with van der Waals surface area (Å²) in [5.41, 5.74) is 1.92. The van der Waals surface area contributed by atoms with Crippen molar-refractivity contribution in [3.8, 4) is 0 Å². The van der Waals surface area contributed by atoms with Crippen molar-refractivity contribution in [1.29, 1.82) is 0 Å². The molecule has 0 aromatic heterocycles. The fraction of sp³-hybridized carbons (Fsp3) is 0.500. The van der Waals surface area contributed by atoms with Crippen molar-refractivity contribution in [2.45, 2.75) is 13.8 Å². The third-order valence-corrected chi connectivity index (χ3v) is 2.78. The first kappa shape index (κ1) is 14.5. The van der Waals surface area contributed by atoms with E-state index in [0.717, 1.165) is 17.9 Å². The summed E-state index contributed by atoms with van der Waals surface area (Å²) in [6, 6.07) is 7.83. The normalized spacial score (nSPS) is 12.0. The maximum Gasteiger partial charge on any atom is 0.228 e. The predicted octanol–water partition coefficient (Wildman–Crippen LogP) is 1.94.